The number of pyridine rings is 1. The van der Waals surface area contributed by atoms with Crippen molar-refractivity contribution in [2.75, 3.05) is 0 Å². The van der Waals surface area contributed by atoms with E-state index >= 15 is 0 Å². The Morgan fingerprint density at radius 2 is 1.80 bits per heavy atom. The highest BCUT2D eigenvalue weighted by atomic mass is 16.5. The van der Waals surface area contributed by atoms with Crippen LogP contribution in [0.2, 0.25) is 0 Å². The molecule has 1 unspecified atom stereocenters. The molecule has 6 heteroatoms. The number of hydrogen-bond acceptors (Lipinski definition) is 4. The molecule has 0 bridgehead atoms. The number of benzene rings is 2. The van der Waals surface area contributed by atoms with Crippen molar-refractivity contribution < 1.29 is 14.7 Å². The van der Waals surface area contributed by atoms with E-state index in [1.807, 2.05) is 60.7 Å². The normalized spacial score (nSPS) is 15.6. The van der Waals surface area contributed by atoms with Crippen LogP contribution in [-0.2, 0) is 6.61 Å². The van der Waals surface area contributed by atoms with Crippen LogP contribution in [0, 0.1) is 5.92 Å². The number of amides is 2. The van der Waals surface area contributed by atoms with Crippen LogP contribution in [0.1, 0.15) is 49.4 Å². The summed E-state index contributed by atoms with van der Waals surface area (Å²) < 4.78 is 5.90. The minimum absolute atomic E-state index is 0.199. The maximum atomic E-state index is 11.6. The SMILES string of the molecule is NC(=O)N(O)C(c1ccc(OCc2ccc3ccccc3n2)cc1)C1CCCCC1. The Morgan fingerprint density at radius 3 is 2.53 bits per heavy atom. The minimum atomic E-state index is -0.826. The third-order valence-electron chi connectivity index (χ3n) is 5.85. The average molecular weight is 405 g/mol. The zero-order chi connectivity index (χ0) is 20.9. The number of rotatable bonds is 6. The van der Waals surface area contributed by atoms with Gasteiger partial charge in [0.25, 0.3) is 0 Å². The molecule has 6 nitrogen and oxygen atoms in total. The fourth-order valence-electron chi connectivity index (χ4n) is 4.31. The minimum Gasteiger partial charge on any atom is -0.487 e. The number of hydroxylamine groups is 2. The first-order valence-corrected chi connectivity index (χ1v) is 10.5. The van der Waals surface area contributed by atoms with E-state index in [2.05, 4.69) is 4.98 Å². The summed E-state index contributed by atoms with van der Waals surface area (Å²) in [6.45, 7) is 0.365. The summed E-state index contributed by atoms with van der Waals surface area (Å²) in [6.07, 6.45) is 5.35. The molecule has 1 aromatic heterocycles. The predicted octanol–water partition coefficient (Wildman–Crippen LogP) is 5.21. The highest BCUT2D eigenvalue weighted by Crippen LogP contribution is 2.38. The van der Waals surface area contributed by atoms with Crippen LogP contribution in [0.4, 0.5) is 4.79 Å². The number of nitrogens with zero attached hydrogens (tertiary/aromatic N) is 2. The second-order valence-electron chi connectivity index (χ2n) is 7.88. The molecule has 2 aromatic carbocycles. The van der Waals surface area contributed by atoms with Gasteiger partial charge in [0.15, 0.2) is 0 Å². The molecular weight excluding hydrogens is 378 g/mol. The lowest BCUT2D eigenvalue weighted by molar-refractivity contribution is -0.0977. The first-order valence-electron chi connectivity index (χ1n) is 10.5. The molecule has 30 heavy (non-hydrogen) atoms. The van der Waals surface area contributed by atoms with Gasteiger partial charge in [0, 0.05) is 5.39 Å². The molecule has 3 aromatic rings. The van der Waals surface area contributed by atoms with Crippen LogP contribution in [0.5, 0.6) is 5.75 Å². The van der Waals surface area contributed by atoms with Crippen LogP contribution in [0.15, 0.2) is 60.7 Å². The van der Waals surface area contributed by atoms with E-state index in [-0.39, 0.29) is 5.92 Å². The van der Waals surface area contributed by atoms with Gasteiger partial charge in [-0.1, -0.05) is 55.7 Å². The molecule has 2 amide bonds. The Morgan fingerprint density at radius 1 is 1.07 bits per heavy atom. The van der Waals surface area contributed by atoms with E-state index < -0.39 is 12.1 Å². The fraction of sp³-hybridized carbons (Fsp3) is 0.333. The van der Waals surface area contributed by atoms with Crippen LogP contribution < -0.4 is 10.5 Å². The largest absolute Gasteiger partial charge is 0.487 e. The van der Waals surface area contributed by atoms with Gasteiger partial charge < -0.3 is 10.5 Å². The fourth-order valence-corrected chi connectivity index (χ4v) is 4.31. The number of carbonyl (C=O) groups excluding carboxylic acids is 1. The number of primary amides is 1. The van der Waals surface area contributed by atoms with Crippen molar-refractivity contribution in [2.24, 2.45) is 11.7 Å². The zero-order valence-electron chi connectivity index (χ0n) is 16.9. The number of carbonyl (C=O) groups is 1. The quantitative estimate of drug-likeness (QED) is 0.435. The topological polar surface area (TPSA) is 88.7 Å². The van der Waals surface area contributed by atoms with Gasteiger partial charge in [-0.2, -0.15) is 5.06 Å². The standard InChI is InChI=1S/C24H27N3O3/c25-24(28)27(29)23(18-7-2-1-3-8-18)19-11-14-21(15-12-19)30-16-20-13-10-17-6-4-5-9-22(17)26-20/h4-6,9-15,18,23,29H,1-3,7-8,16H2,(H2,25,28). The van der Waals surface area contributed by atoms with E-state index in [1.165, 1.54) is 6.42 Å². The Kier molecular flexibility index (Phi) is 6.14. The Labute approximate surface area is 176 Å². The first kappa shape index (κ1) is 20.2. The van der Waals surface area contributed by atoms with Gasteiger partial charge in [-0.3, -0.25) is 5.21 Å². The molecule has 0 spiro atoms. The van der Waals surface area contributed by atoms with Crippen LogP contribution >= 0.6 is 0 Å². The number of urea groups is 1. The summed E-state index contributed by atoms with van der Waals surface area (Å²) in [5.74, 6) is 0.907. The highest BCUT2D eigenvalue weighted by Gasteiger charge is 2.31. The lowest BCUT2D eigenvalue weighted by Gasteiger charge is -2.34. The van der Waals surface area contributed by atoms with Crippen molar-refractivity contribution in [3.8, 4) is 5.75 Å². The molecule has 1 heterocycles. The van der Waals surface area contributed by atoms with E-state index in [0.717, 1.165) is 47.8 Å². The summed E-state index contributed by atoms with van der Waals surface area (Å²) in [6, 6.07) is 18.2. The Hall–Kier alpha value is -3.12. The lowest BCUT2D eigenvalue weighted by Crippen LogP contribution is -2.40. The Bertz CT molecular complexity index is 1000. The van der Waals surface area contributed by atoms with E-state index in [9.17, 15) is 10.0 Å². The lowest BCUT2D eigenvalue weighted by atomic mass is 9.81. The van der Waals surface area contributed by atoms with Gasteiger partial charge in [-0.15, -0.1) is 0 Å². The summed E-state index contributed by atoms with van der Waals surface area (Å²) in [5.41, 5.74) is 8.03. The monoisotopic (exact) mass is 405 g/mol. The molecule has 1 saturated carbocycles. The van der Waals surface area contributed by atoms with E-state index in [4.69, 9.17) is 10.5 Å². The smallest absolute Gasteiger partial charge is 0.339 e. The van der Waals surface area contributed by atoms with E-state index in [0.29, 0.717) is 17.4 Å². The first-order chi connectivity index (χ1) is 14.6. The van der Waals surface area contributed by atoms with Crippen molar-refractivity contribution in [3.63, 3.8) is 0 Å². The summed E-state index contributed by atoms with van der Waals surface area (Å²) in [4.78, 5) is 16.3. The maximum absolute atomic E-state index is 11.6. The van der Waals surface area contributed by atoms with E-state index in [1.54, 1.807) is 0 Å². The van der Waals surface area contributed by atoms with Crippen molar-refractivity contribution in [1.29, 1.82) is 0 Å². The molecule has 1 aliphatic carbocycles. The Balaban J connectivity index is 1.46. The number of para-hydroxylation sites is 1. The van der Waals surface area contributed by atoms with Gasteiger partial charge in [-0.25, -0.2) is 9.78 Å². The van der Waals surface area contributed by atoms with Gasteiger partial charge in [0.2, 0.25) is 0 Å². The molecule has 0 radical (unpaired) electrons. The number of hydrogen-bond donors (Lipinski definition) is 2. The van der Waals surface area contributed by atoms with Crippen LogP contribution in [0.25, 0.3) is 10.9 Å². The number of aromatic nitrogens is 1. The second-order valence-corrected chi connectivity index (χ2v) is 7.88. The van der Waals surface area contributed by atoms with Gasteiger partial charge >= 0.3 is 6.03 Å². The van der Waals surface area contributed by atoms with Crippen LogP contribution in [-0.4, -0.2) is 21.3 Å². The number of fused-ring (bicyclic) bond motifs is 1. The second kappa shape index (κ2) is 9.13. The number of nitrogens with two attached hydrogens (primary N) is 1. The van der Waals surface area contributed by atoms with Gasteiger partial charge in [0.1, 0.15) is 12.4 Å². The molecule has 1 fully saturated rings. The third kappa shape index (κ3) is 4.54. The number of ether oxygens (including phenoxy) is 1. The third-order valence-corrected chi connectivity index (χ3v) is 5.85. The highest BCUT2D eigenvalue weighted by molar-refractivity contribution is 5.78. The summed E-state index contributed by atoms with van der Waals surface area (Å²) >= 11 is 0. The van der Waals surface area contributed by atoms with Crippen molar-refractivity contribution in [3.05, 3.63) is 71.9 Å². The molecule has 1 aliphatic rings. The zero-order valence-corrected chi connectivity index (χ0v) is 16.9. The average Bonchev–Trinajstić information content (AvgIpc) is 2.79. The molecule has 1 atom stereocenters. The van der Waals surface area contributed by atoms with Gasteiger partial charge in [-0.05, 0) is 48.6 Å². The summed E-state index contributed by atoms with van der Waals surface area (Å²) in [7, 11) is 0. The maximum Gasteiger partial charge on any atom is 0.339 e. The van der Waals surface area contributed by atoms with Crippen LogP contribution in [0.3, 0.4) is 0 Å². The predicted molar refractivity (Wildman–Crippen MR) is 115 cm³/mol. The molecule has 156 valence electrons. The molecule has 0 aliphatic heterocycles. The van der Waals surface area contributed by atoms with Crippen molar-refractivity contribution in [1.82, 2.24) is 10.0 Å². The molecule has 0 saturated heterocycles. The van der Waals surface area contributed by atoms with Gasteiger partial charge in [0.05, 0.1) is 17.3 Å². The summed E-state index contributed by atoms with van der Waals surface area (Å²) in [5, 5.41) is 12.1. The molecule has 4 rings (SSSR count). The molecular formula is C24H27N3O3. The molecule has 3 N–H and O–H groups in total. The van der Waals surface area contributed by atoms with Crippen molar-refractivity contribution >= 4 is 16.9 Å². The van der Waals surface area contributed by atoms with Crippen molar-refractivity contribution in [2.45, 2.75) is 44.8 Å².